The summed E-state index contributed by atoms with van der Waals surface area (Å²) in [7, 11) is 1.47. The maximum Gasteiger partial charge on any atom is 0.251 e. The van der Waals surface area contributed by atoms with Crippen molar-refractivity contribution in [1.29, 1.82) is 0 Å². The van der Waals surface area contributed by atoms with Crippen molar-refractivity contribution in [3.63, 3.8) is 0 Å². The molecule has 0 bridgehead atoms. The highest BCUT2D eigenvalue weighted by Gasteiger charge is 2.25. The highest BCUT2D eigenvalue weighted by atomic mass is 79.9. The molecule has 0 saturated carbocycles. The van der Waals surface area contributed by atoms with Crippen LogP contribution in [0.25, 0.3) is 0 Å². The maximum absolute atomic E-state index is 12.1. The van der Waals surface area contributed by atoms with Crippen LogP contribution in [0.1, 0.15) is 37.0 Å². The summed E-state index contributed by atoms with van der Waals surface area (Å²) in [6.07, 6.45) is 1.98. The Morgan fingerprint density at radius 2 is 2.05 bits per heavy atom. The molecule has 0 heterocycles. The number of hydrogen-bond acceptors (Lipinski definition) is 3. The number of rotatable bonds is 7. The van der Waals surface area contributed by atoms with Crippen molar-refractivity contribution in [2.45, 2.75) is 26.7 Å². The lowest BCUT2D eigenvalue weighted by Gasteiger charge is -2.29. The van der Waals surface area contributed by atoms with E-state index < -0.39 is 0 Å². The van der Waals surface area contributed by atoms with Crippen molar-refractivity contribution in [2.75, 3.05) is 19.0 Å². The Hall–Kier alpha value is -1.23. The number of aromatic hydroxyl groups is 1. The van der Waals surface area contributed by atoms with Crippen molar-refractivity contribution >= 4 is 21.8 Å². The molecule has 0 atom stereocenters. The molecule has 5 heteroatoms. The Labute approximate surface area is 128 Å². The average molecular weight is 344 g/mol. The van der Waals surface area contributed by atoms with E-state index in [0.717, 1.165) is 18.2 Å². The first-order valence-corrected chi connectivity index (χ1v) is 7.85. The second-order valence-corrected chi connectivity index (χ2v) is 5.47. The molecule has 1 aromatic rings. The molecule has 0 fully saturated rings. The quantitative estimate of drug-likeness (QED) is 0.746. The molecule has 0 aliphatic heterocycles. The predicted octanol–water partition coefficient (Wildman–Crippen LogP) is 3.33. The second-order valence-electron chi connectivity index (χ2n) is 4.91. The third-order valence-corrected chi connectivity index (χ3v) is 5.04. The van der Waals surface area contributed by atoms with Gasteiger partial charge in [-0.15, -0.1) is 0 Å². The third-order valence-electron chi connectivity index (χ3n) is 3.85. The van der Waals surface area contributed by atoms with E-state index >= 15 is 0 Å². The number of amides is 1. The van der Waals surface area contributed by atoms with Crippen molar-refractivity contribution < 1.29 is 14.6 Å². The van der Waals surface area contributed by atoms with Gasteiger partial charge in [-0.25, -0.2) is 0 Å². The van der Waals surface area contributed by atoms with Gasteiger partial charge in [0.2, 0.25) is 0 Å². The summed E-state index contributed by atoms with van der Waals surface area (Å²) < 4.78 is 4.96. The van der Waals surface area contributed by atoms with Gasteiger partial charge in [-0.3, -0.25) is 4.79 Å². The predicted molar refractivity (Wildman–Crippen MR) is 83.8 cm³/mol. The molecule has 20 heavy (non-hydrogen) atoms. The normalized spacial score (nSPS) is 11.2. The van der Waals surface area contributed by atoms with Crippen LogP contribution in [0.15, 0.2) is 18.2 Å². The van der Waals surface area contributed by atoms with Gasteiger partial charge in [0.1, 0.15) is 0 Å². The lowest BCUT2D eigenvalue weighted by molar-refractivity contribution is 0.0932. The van der Waals surface area contributed by atoms with E-state index in [-0.39, 0.29) is 17.1 Å². The van der Waals surface area contributed by atoms with Gasteiger partial charge in [0.15, 0.2) is 11.5 Å². The topological polar surface area (TPSA) is 58.6 Å². The Kier molecular flexibility index (Phi) is 6.33. The lowest BCUT2D eigenvalue weighted by Crippen LogP contribution is -2.38. The fourth-order valence-corrected chi connectivity index (χ4v) is 2.93. The molecule has 0 radical (unpaired) electrons. The maximum atomic E-state index is 12.1. The van der Waals surface area contributed by atoms with Crippen LogP contribution < -0.4 is 10.1 Å². The number of alkyl halides is 1. The molecular formula is C15H22BrNO3. The smallest absolute Gasteiger partial charge is 0.251 e. The number of methoxy groups -OCH3 is 1. The summed E-state index contributed by atoms with van der Waals surface area (Å²) in [5.41, 5.74) is 0.503. The van der Waals surface area contributed by atoms with E-state index in [0.29, 0.717) is 17.9 Å². The molecule has 4 nitrogen and oxygen atoms in total. The number of halogens is 1. The molecule has 0 aromatic heterocycles. The molecule has 0 spiro atoms. The van der Waals surface area contributed by atoms with Crippen LogP contribution in [0.2, 0.25) is 0 Å². The molecule has 112 valence electrons. The van der Waals surface area contributed by atoms with E-state index in [1.54, 1.807) is 12.1 Å². The van der Waals surface area contributed by atoms with Crippen molar-refractivity contribution in [3.8, 4) is 11.5 Å². The van der Waals surface area contributed by atoms with Crippen molar-refractivity contribution in [2.24, 2.45) is 5.41 Å². The zero-order valence-electron chi connectivity index (χ0n) is 12.2. The Morgan fingerprint density at radius 1 is 1.40 bits per heavy atom. The zero-order valence-corrected chi connectivity index (χ0v) is 13.8. The standard InChI is InChI=1S/C15H22BrNO3/c1-4-15(5-2,9-16)10-17-14(19)11-6-7-13(20-3)12(18)8-11/h6-8,18H,4-5,9-10H2,1-3H3,(H,17,19). The second kappa shape index (κ2) is 7.53. The number of carbonyl (C=O) groups is 1. The van der Waals surface area contributed by atoms with E-state index in [1.807, 2.05) is 0 Å². The summed E-state index contributed by atoms with van der Waals surface area (Å²) in [6, 6.07) is 4.64. The average Bonchev–Trinajstić information content (AvgIpc) is 2.49. The van der Waals surface area contributed by atoms with Gasteiger partial charge in [0, 0.05) is 17.4 Å². The monoisotopic (exact) mass is 343 g/mol. The third kappa shape index (κ3) is 3.88. The molecule has 0 saturated heterocycles. The van der Waals surface area contributed by atoms with Crippen LogP contribution in [0.4, 0.5) is 0 Å². The van der Waals surface area contributed by atoms with E-state index in [9.17, 15) is 9.90 Å². The van der Waals surface area contributed by atoms with E-state index in [1.165, 1.54) is 13.2 Å². The molecule has 1 aromatic carbocycles. The summed E-state index contributed by atoms with van der Waals surface area (Å²) in [4.78, 5) is 12.1. The first-order chi connectivity index (χ1) is 9.51. The SMILES string of the molecule is CCC(CC)(CBr)CNC(=O)c1ccc(OC)c(O)c1. The molecular weight excluding hydrogens is 322 g/mol. The van der Waals surface area contributed by atoms with Crippen LogP contribution in [0, 0.1) is 5.41 Å². The van der Waals surface area contributed by atoms with Crippen LogP contribution in [-0.4, -0.2) is 30.0 Å². The Balaban J connectivity index is 2.74. The zero-order chi connectivity index (χ0) is 15.2. The fraction of sp³-hybridized carbons (Fsp3) is 0.533. The summed E-state index contributed by atoms with van der Waals surface area (Å²) in [5.74, 6) is 0.145. The highest BCUT2D eigenvalue weighted by Crippen LogP contribution is 2.29. The summed E-state index contributed by atoms with van der Waals surface area (Å²) >= 11 is 3.52. The highest BCUT2D eigenvalue weighted by molar-refractivity contribution is 9.09. The first-order valence-electron chi connectivity index (χ1n) is 6.73. The first kappa shape index (κ1) is 16.8. The van der Waals surface area contributed by atoms with Gasteiger partial charge >= 0.3 is 0 Å². The largest absolute Gasteiger partial charge is 0.504 e. The van der Waals surface area contributed by atoms with Crippen molar-refractivity contribution in [3.05, 3.63) is 23.8 Å². The number of benzene rings is 1. The van der Waals surface area contributed by atoms with Crippen LogP contribution in [-0.2, 0) is 0 Å². The molecule has 0 aliphatic carbocycles. The van der Waals surface area contributed by atoms with Gasteiger partial charge < -0.3 is 15.2 Å². The minimum Gasteiger partial charge on any atom is -0.504 e. The van der Waals surface area contributed by atoms with E-state index in [4.69, 9.17) is 4.74 Å². The van der Waals surface area contributed by atoms with Crippen molar-refractivity contribution in [1.82, 2.24) is 5.32 Å². The molecule has 2 N–H and O–H groups in total. The van der Waals surface area contributed by atoms with Crippen LogP contribution in [0.3, 0.4) is 0 Å². The van der Waals surface area contributed by atoms with Gasteiger partial charge in [-0.05, 0) is 36.5 Å². The lowest BCUT2D eigenvalue weighted by atomic mass is 9.84. The van der Waals surface area contributed by atoms with Crippen LogP contribution in [0.5, 0.6) is 11.5 Å². The fourth-order valence-electron chi connectivity index (χ4n) is 1.94. The Morgan fingerprint density at radius 3 is 2.50 bits per heavy atom. The number of hydrogen-bond donors (Lipinski definition) is 2. The number of carbonyl (C=O) groups excluding carboxylic acids is 1. The van der Waals surface area contributed by atoms with E-state index in [2.05, 4.69) is 35.1 Å². The number of phenols is 1. The van der Waals surface area contributed by atoms with Crippen LogP contribution >= 0.6 is 15.9 Å². The minimum atomic E-state index is -0.185. The number of phenolic OH excluding ortho intramolecular Hbond substituents is 1. The molecule has 0 aliphatic rings. The van der Waals surface area contributed by atoms with Gasteiger partial charge in [-0.1, -0.05) is 29.8 Å². The van der Waals surface area contributed by atoms with Gasteiger partial charge in [0.05, 0.1) is 7.11 Å². The summed E-state index contributed by atoms with van der Waals surface area (Å²) in [5, 5.41) is 13.5. The number of ether oxygens (including phenoxy) is 1. The summed E-state index contributed by atoms with van der Waals surface area (Å²) in [6.45, 7) is 4.85. The molecule has 0 unspecified atom stereocenters. The number of nitrogens with one attached hydrogen (secondary N) is 1. The molecule has 1 rings (SSSR count). The van der Waals surface area contributed by atoms with Gasteiger partial charge in [-0.2, -0.15) is 0 Å². The minimum absolute atomic E-state index is 0.0297. The molecule has 1 amide bonds. The Bertz CT molecular complexity index is 450. The van der Waals surface area contributed by atoms with Gasteiger partial charge in [0.25, 0.3) is 5.91 Å².